The second-order valence-corrected chi connectivity index (χ2v) is 10.0. The number of oxime groups is 1. The lowest BCUT2D eigenvalue weighted by atomic mass is 9.82. The molecule has 4 rings (SSSR count). The van der Waals surface area contributed by atoms with Crippen molar-refractivity contribution in [3.05, 3.63) is 71.3 Å². The maximum atomic E-state index is 13.4. The third kappa shape index (κ3) is 4.14. The standard InChI is InChI=1S/C26H30N2O4/c1-25(2,3)19-14-10-9-13-18(19)20-16-21(32-27-20)23(29)28-22(26(4,5)31-24(28)30)15-17-11-7-6-8-12-17/h6-14,21-22H,15-16H2,1-5H3/t21-,22-/m0/s1. The van der Waals surface area contributed by atoms with Gasteiger partial charge in [0.15, 0.2) is 0 Å². The Bertz CT molecular complexity index is 1050. The highest BCUT2D eigenvalue weighted by Gasteiger charge is 2.52. The van der Waals surface area contributed by atoms with Gasteiger partial charge < -0.3 is 9.57 Å². The van der Waals surface area contributed by atoms with Crippen LogP contribution < -0.4 is 0 Å². The van der Waals surface area contributed by atoms with E-state index in [0.29, 0.717) is 12.8 Å². The predicted molar refractivity (Wildman–Crippen MR) is 123 cm³/mol. The zero-order valence-corrected chi connectivity index (χ0v) is 19.3. The lowest BCUT2D eigenvalue weighted by Crippen LogP contribution is -2.49. The van der Waals surface area contributed by atoms with E-state index in [4.69, 9.17) is 9.57 Å². The van der Waals surface area contributed by atoms with Gasteiger partial charge in [-0.1, -0.05) is 80.5 Å². The summed E-state index contributed by atoms with van der Waals surface area (Å²) in [7, 11) is 0. The summed E-state index contributed by atoms with van der Waals surface area (Å²) in [6.45, 7) is 10.1. The topological polar surface area (TPSA) is 68.2 Å². The first-order chi connectivity index (χ1) is 15.1. The Morgan fingerprint density at radius 3 is 2.44 bits per heavy atom. The van der Waals surface area contributed by atoms with Gasteiger partial charge in [0, 0.05) is 12.0 Å². The van der Waals surface area contributed by atoms with E-state index < -0.39 is 29.7 Å². The number of nitrogens with zero attached hydrogens (tertiary/aromatic N) is 2. The van der Waals surface area contributed by atoms with Gasteiger partial charge in [0.2, 0.25) is 6.10 Å². The maximum absolute atomic E-state index is 13.4. The average molecular weight is 435 g/mol. The molecule has 0 bridgehead atoms. The largest absolute Gasteiger partial charge is 0.441 e. The van der Waals surface area contributed by atoms with Crippen molar-refractivity contribution < 1.29 is 19.2 Å². The molecule has 6 nitrogen and oxygen atoms in total. The van der Waals surface area contributed by atoms with Crippen LogP contribution in [-0.2, 0) is 26.2 Å². The van der Waals surface area contributed by atoms with Crippen molar-refractivity contribution in [3.63, 3.8) is 0 Å². The third-order valence-corrected chi connectivity index (χ3v) is 6.16. The fourth-order valence-electron chi connectivity index (χ4n) is 4.41. The number of carbonyl (C=O) groups is 2. The van der Waals surface area contributed by atoms with E-state index in [-0.39, 0.29) is 5.41 Å². The van der Waals surface area contributed by atoms with Crippen LogP contribution in [0.1, 0.15) is 57.7 Å². The molecule has 2 aromatic carbocycles. The monoisotopic (exact) mass is 434 g/mol. The van der Waals surface area contributed by atoms with Crippen LogP contribution in [0.5, 0.6) is 0 Å². The molecular weight excluding hydrogens is 404 g/mol. The minimum Gasteiger partial charge on any atom is -0.441 e. The van der Waals surface area contributed by atoms with Crippen molar-refractivity contribution in [3.8, 4) is 0 Å². The van der Waals surface area contributed by atoms with Crippen molar-refractivity contribution in [1.82, 2.24) is 4.90 Å². The molecule has 0 saturated carbocycles. The fraction of sp³-hybridized carbons (Fsp3) is 0.423. The molecule has 1 fully saturated rings. The number of carbonyl (C=O) groups excluding carboxylic acids is 2. The molecule has 2 aromatic rings. The van der Waals surface area contributed by atoms with Gasteiger partial charge in [-0.2, -0.15) is 0 Å². The third-order valence-electron chi connectivity index (χ3n) is 6.16. The summed E-state index contributed by atoms with van der Waals surface area (Å²) < 4.78 is 5.58. The van der Waals surface area contributed by atoms with Gasteiger partial charge in [0.1, 0.15) is 5.60 Å². The number of imide groups is 1. The van der Waals surface area contributed by atoms with Gasteiger partial charge in [-0.3, -0.25) is 4.79 Å². The Labute approximate surface area is 189 Å². The summed E-state index contributed by atoms with van der Waals surface area (Å²) in [6.07, 6.45) is -0.655. The van der Waals surface area contributed by atoms with E-state index in [1.807, 2.05) is 62.4 Å². The van der Waals surface area contributed by atoms with Crippen molar-refractivity contribution in [2.24, 2.45) is 5.16 Å². The van der Waals surface area contributed by atoms with E-state index >= 15 is 0 Å². The summed E-state index contributed by atoms with van der Waals surface area (Å²) in [5, 5.41) is 4.24. The SMILES string of the molecule is CC(C)(C)c1ccccc1C1=NO[C@H](C(=O)N2C(=O)OC(C)(C)[C@@H]2Cc2ccccc2)C1. The second-order valence-electron chi connectivity index (χ2n) is 10.0. The van der Waals surface area contributed by atoms with E-state index in [1.54, 1.807) is 0 Å². The first kappa shape index (κ1) is 22.1. The highest BCUT2D eigenvalue weighted by atomic mass is 16.6. The molecule has 0 aromatic heterocycles. The normalized spacial score (nSPS) is 22.3. The molecular formula is C26H30N2O4. The molecule has 0 N–H and O–H groups in total. The molecule has 6 heteroatoms. The van der Waals surface area contributed by atoms with Crippen LogP contribution in [0, 0.1) is 0 Å². The molecule has 0 spiro atoms. The lowest BCUT2D eigenvalue weighted by molar-refractivity contribution is -0.140. The summed E-state index contributed by atoms with van der Waals surface area (Å²) in [5.41, 5.74) is 2.99. The minimum absolute atomic E-state index is 0.0786. The molecule has 0 aliphatic carbocycles. The summed E-state index contributed by atoms with van der Waals surface area (Å²) >= 11 is 0. The number of hydrogen-bond donors (Lipinski definition) is 0. The van der Waals surface area contributed by atoms with Crippen LogP contribution in [0.15, 0.2) is 59.8 Å². The summed E-state index contributed by atoms with van der Waals surface area (Å²) in [4.78, 5) is 32.9. The van der Waals surface area contributed by atoms with Gasteiger partial charge >= 0.3 is 6.09 Å². The van der Waals surface area contributed by atoms with E-state index in [0.717, 1.165) is 22.4 Å². The van der Waals surface area contributed by atoms with Gasteiger partial charge in [0.25, 0.3) is 5.91 Å². The highest BCUT2D eigenvalue weighted by molar-refractivity contribution is 6.07. The Kier molecular flexibility index (Phi) is 5.57. The first-order valence-corrected chi connectivity index (χ1v) is 11.0. The molecule has 32 heavy (non-hydrogen) atoms. The van der Waals surface area contributed by atoms with Gasteiger partial charge in [-0.05, 0) is 36.8 Å². The zero-order chi connectivity index (χ0) is 23.1. The highest BCUT2D eigenvalue weighted by Crippen LogP contribution is 2.34. The van der Waals surface area contributed by atoms with Crippen molar-refractivity contribution in [2.75, 3.05) is 0 Å². The van der Waals surface area contributed by atoms with Crippen molar-refractivity contribution in [1.29, 1.82) is 0 Å². The van der Waals surface area contributed by atoms with Gasteiger partial charge in [-0.15, -0.1) is 0 Å². The average Bonchev–Trinajstić information content (AvgIpc) is 3.31. The summed E-state index contributed by atoms with van der Waals surface area (Å²) in [6, 6.07) is 17.4. The Morgan fingerprint density at radius 2 is 1.75 bits per heavy atom. The van der Waals surface area contributed by atoms with Crippen LogP contribution in [0.4, 0.5) is 4.79 Å². The molecule has 2 aliphatic heterocycles. The molecule has 2 amide bonds. The molecule has 1 saturated heterocycles. The van der Waals surface area contributed by atoms with Crippen LogP contribution in [0.3, 0.4) is 0 Å². The number of ether oxygens (including phenoxy) is 1. The quantitative estimate of drug-likeness (QED) is 0.690. The van der Waals surface area contributed by atoms with Crippen LogP contribution in [-0.4, -0.2) is 40.4 Å². The number of cyclic esters (lactones) is 1. The molecule has 0 unspecified atom stereocenters. The molecule has 2 atom stereocenters. The first-order valence-electron chi connectivity index (χ1n) is 11.0. The minimum atomic E-state index is -0.849. The Morgan fingerprint density at radius 1 is 1.09 bits per heavy atom. The number of benzene rings is 2. The number of rotatable bonds is 4. The lowest BCUT2D eigenvalue weighted by Gasteiger charge is -2.28. The predicted octanol–water partition coefficient (Wildman–Crippen LogP) is 4.85. The molecule has 168 valence electrons. The Hall–Kier alpha value is -3.15. The maximum Gasteiger partial charge on any atom is 0.417 e. The van der Waals surface area contributed by atoms with Crippen LogP contribution in [0.2, 0.25) is 0 Å². The second kappa shape index (κ2) is 8.08. The number of hydrogen-bond acceptors (Lipinski definition) is 5. The van der Waals surface area contributed by atoms with Crippen molar-refractivity contribution in [2.45, 2.75) is 70.6 Å². The zero-order valence-electron chi connectivity index (χ0n) is 19.3. The fourth-order valence-corrected chi connectivity index (χ4v) is 4.41. The summed E-state index contributed by atoms with van der Waals surface area (Å²) in [5.74, 6) is -0.409. The number of amides is 2. The molecule has 2 heterocycles. The molecule has 0 radical (unpaired) electrons. The van der Waals surface area contributed by atoms with Crippen molar-refractivity contribution >= 4 is 17.7 Å². The van der Waals surface area contributed by atoms with Crippen LogP contribution >= 0.6 is 0 Å². The Balaban J connectivity index is 1.55. The molecule has 2 aliphatic rings. The van der Waals surface area contributed by atoms with Crippen LogP contribution in [0.25, 0.3) is 0 Å². The van der Waals surface area contributed by atoms with E-state index in [9.17, 15) is 9.59 Å². The smallest absolute Gasteiger partial charge is 0.417 e. The van der Waals surface area contributed by atoms with E-state index in [2.05, 4.69) is 32.0 Å². The van der Waals surface area contributed by atoms with Gasteiger partial charge in [0.05, 0.1) is 11.8 Å². The van der Waals surface area contributed by atoms with Gasteiger partial charge in [-0.25, -0.2) is 9.69 Å². The van der Waals surface area contributed by atoms with E-state index in [1.165, 1.54) is 4.90 Å².